The Morgan fingerprint density at radius 3 is 2.59 bits per heavy atom. The lowest BCUT2D eigenvalue weighted by atomic mass is 9.81. The SMILES string of the molecule is Cc1cccc(-c2cnc(N)c(C3(C(C)C)C=NN=N3)c2)c1. The second-order valence-electron chi connectivity index (χ2n) is 5.94. The van der Waals surface area contributed by atoms with Crippen LogP contribution in [0.4, 0.5) is 5.82 Å². The first-order valence-corrected chi connectivity index (χ1v) is 7.32. The molecule has 2 N–H and O–H groups in total. The predicted molar refractivity (Wildman–Crippen MR) is 88.7 cm³/mol. The van der Waals surface area contributed by atoms with Crippen LogP contribution >= 0.6 is 0 Å². The van der Waals surface area contributed by atoms with E-state index >= 15 is 0 Å². The lowest BCUT2D eigenvalue weighted by Crippen LogP contribution is -2.31. The Balaban J connectivity index is 2.15. The first kappa shape index (κ1) is 14.4. The van der Waals surface area contributed by atoms with Crippen molar-refractivity contribution in [2.24, 2.45) is 21.4 Å². The van der Waals surface area contributed by atoms with Crippen molar-refractivity contribution >= 4 is 12.0 Å². The number of hydrogen-bond acceptors (Lipinski definition) is 5. The molecular formula is C17H19N5. The second-order valence-corrected chi connectivity index (χ2v) is 5.94. The third-order valence-corrected chi connectivity index (χ3v) is 4.10. The van der Waals surface area contributed by atoms with E-state index in [1.165, 1.54) is 5.56 Å². The number of nitrogens with two attached hydrogens (primary N) is 1. The largest absolute Gasteiger partial charge is 0.383 e. The Bertz CT molecular complexity index is 749. The molecule has 1 atom stereocenters. The van der Waals surface area contributed by atoms with E-state index in [1.54, 1.807) is 12.4 Å². The molecule has 3 rings (SSSR count). The number of pyridine rings is 1. The molecule has 0 bridgehead atoms. The highest BCUT2D eigenvalue weighted by molar-refractivity contribution is 5.79. The van der Waals surface area contributed by atoms with Gasteiger partial charge in [0, 0.05) is 17.3 Å². The molecule has 1 aliphatic heterocycles. The van der Waals surface area contributed by atoms with Gasteiger partial charge in [0.15, 0.2) is 5.54 Å². The Labute approximate surface area is 130 Å². The summed E-state index contributed by atoms with van der Waals surface area (Å²) in [5.74, 6) is 0.650. The molecule has 0 radical (unpaired) electrons. The van der Waals surface area contributed by atoms with Gasteiger partial charge in [-0.05, 0) is 29.7 Å². The number of benzene rings is 1. The molecule has 1 unspecified atom stereocenters. The van der Waals surface area contributed by atoms with Gasteiger partial charge in [-0.15, -0.1) is 5.10 Å². The summed E-state index contributed by atoms with van der Waals surface area (Å²) in [6, 6.07) is 10.4. The quantitative estimate of drug-likeness (QED) is 0.930. The number of hydrogen-bond donors (Lipinski definition) is 1. The van der Waals surface area contributed by atoms with Gasteiger partial charge >= 0.3 is 0 Å². The van der Waals surface area contributed by atoms with Gasteiger partial charge < -0.3 is 5.73 Å². The van der Waals surface area contributed by atoms with Gasteiger partial charge in [-0.25, -0.2) is 4.98 Å². The summed E-state index contributed by atoms with van der Waals surface area (Å²) in [6.07, 6.45) is 3.55. The third-order valence-electron chi connectivity index (χ3n) is 4.10. The van der Waals surface area contributed by atoms with Crippen LogP contribution in [-0.2, 0) is 5.54 Å². The number of anilines is 1. The Morgan fingerprint density at radius 2 is 1.95 bits per heavy atom. The molecule has 1 aromatic heterocycles. The Morgan fingerprint density at radius 1 is 1.14 bits per heavy atom. The van der Waals surface area contributed by atoms with E-state index in [0.717, 1.165) is 16.7 Å². The average molecular weight is 293 g/mol. The maximum absolute atomic E-state index is 6.13. The van der Waals surface area contributed by atoms with Gasteiger partial charge in [-0.3, -0.25) is 0 Å². The van der Waals surface area contributed by atoms with E-state index < -0.39 is 5.54 Å². The number of aromatic nitrogens is 1. The maximum Gasteiger partial charge on any atom is 0.151 e. The second kappa shape index (κ2) is 5.33. The number of rotatable bonds is 3. The minimum atomic E-state index is -0.628. The molecule has 0 saturated carbocycles. The van der Waals surface area contributed by atoms with Gasteiger partial charge in [0.05, 0.1) is 6.21 Å². The fourth-order valence-electron chi connectivity index (χ4n) is 2.72. The molecule has 0 aliphatic carbocycles. The fourth-order valence-corrected chi connectivity index (χ4v) is 2.72. The molecule has 0 spiro atoms. The van der Waals surface area contributed by atoms with Crippen LogP contribution in [0.3, 0.4) is 0 Å². The van der Waals surface area contributed by atoms with Crippen molar-refractivity contribution < 1.29 is 0 Å². The topological polar surface area (TPSA) is 76.0 Å². The molecule has 2 aromatic rings. The molecule has 22 heavy (non-hydrogen) atoms. The lowest BCUT2D eigenvalue weighted by Gasteiger charge is -2.27. The van der Waals surface area contributed by atoms with Crippen LogP contribution in [0.2, 0.25) is 0 Å². The summed E-state index contributed by atoms with van der Waals surface area (Å²) in [7, 11) is 0. The zero-order valence-electron chi connectivity index (χ0n) is 13.0. The van der Waals surface area contributed by atoms with Crippen LogP contribution in [0.25, 0.3) is 11.1 Å². The van der Waals surface area contributed by atoms with Gasteiger partial charge in [-0.2, -0.15) is 5.11 Å². The van der Waals surface area contributed by atoms with E-state index in [1.807, 2.05) is 12.1 Å². The monoisotopic (exact) mass is 293 g/mol. The van der Waals surface area contributed by atoms with Crippen molar-refractivity contribution in [2.45, 2.75) is 26.3 Å². The summed E-state index contributed by atoms with van der Waals surface area (Å²) in [6.45, 7) is 6.23. The van der Waals surface area contributed by atoms with Crippen molar-refractivity contribution in [3.8, 4) is 11.1 Å². The van der Waals surface area contributed by atoms with Crippen molar-refractivity contribution in [3.63, 3.8) is 0 Å². The molecule has 2 heterocycles. The van der Waals surface area contributed by atoms with E-state index in [4.69, 9.17) is 5.73 Å². The summed E-state index contributed by atoms with van der Waals surface area (Å²) in [4.78, 5) is 4.37. The Hall–Kier alpha value is -2.56. The van der Waals surface area contributed by atoms with Gasteiger partial charge in [0.25, 0.3) is 0 Å². The van der Waals surface area contributed by atoms with E-state index in [2.05, 4.69) is 59.4 Å². The smallest absolute Gasteiger partial charge is 0.151 e. The van der Waals surface area contributed by atoms with Crippen molar-refractivity contribution in [3.05, 3.63) is 47.7 Å². The molecule has 1 aliphatic rings. The summed E-state index contributed by atoms with van der Waals surface area (Å²) in [5.41, 5.74) is 9.68. The zero-order valence-corrected chi connectivity index (χ0v) is 13.0. The normalized spacial score (nSPS) is 20.0. The van der Waals surface area contributed by atoms with Gasteiger partial charge in [-0.1, -0.05) is 43.7 Å². The predicted octanol–water partition coefficient (Wildman–Crippen LogP) is 3.94. The molecule has 1 aromatic carbocycles. The molecule has 0 fully saturated rings. The summed E-state index contributed by atoms with van der Waals surface area (Å²) >= 11 is 0. The zero-order chi connectivity index (χ0) is 15.7. The van der Waals surface area contributed by atoms with Crippen LogP contribution in [0.1, 0.15) is 25.0 Å². The lowest BCUT2D eigenvalue weighted by molar-refractivity contribution is 0.432. The fraction of sp³-hybridized carbons (Fsp3) is 0.294. The van der Waals surface area contributed by atoms with Crippen LogP contribution < -0.4 is 5.73 Å². The van der Waals surface area contributed by atoms with Crippen molar-refractivity contribution in [1.82, 2.24) is 4.98 Å². The number of nitrogens with zero attached hydrogens (tertiary/aromatic N) is 4. The highest BCUT2D eigenvalue weighted by Crippen LogP contribution is 2.39. The van der Waals surface area contributed by atoms with Crippen molar-refractivity contribution in [2.75, 3.05) is 5.73 Å². The molecular weight excluding hydrogens is 274 g/mol. The molecule has 0 amide bonds. The maximum atomic E-state index is 6.13. The third kappa shape index (κ3) is 2.28. The van der Waals surface area contributed by atoms with Crippen LogP contribution in [0.5, 0.6) is 0 Å². The first-order chi connectivity index (χ1) is 10.5. The minimum absolute atomic E-state index is 0.180. The van der Waals surface area contributed by atoms with E-state index in [0.29, 0.717) is 5.82 Å². The Kier molecular flexibility index (Phi) is 3.48. The van der Waals surface area contributed by atoms with Crippen LogP contribution in [0, 0.1) is 12.8 Å². The number of aryl methyl sites for hydroxylation is 1. The standard InChI is InChI=1S/C17H19N5/c1-11(2)17(10-20-22-21-17)15-8-14(9-19-16(15)18)13-6-4-5-12(3)7-13/h4-11H,1-3H3,(H2,18,19). The molecule has 5 heteroatoms. The molecule has 112 valence electrons. The summed E-state index contributed by atoms with van der Waals surface area (Å²) in [5, 5.41) is 12.1. The van der Waals surface area contributed by atoms with Gasteiger partial charge in [0.1, 0.15) is 5.82 Å². The number of nitrogen functional groups attached to an aromatic ring is 1. The summed E-state index contributed by atoms with van der Waals surface area (Å²) < 4.78 is 0. The average Bonchev–Trinajstić information content (AvgIpc) is 2.98. The van der Waals surface area contributed by atoms with Gasteiger partial charge in [0.2, 0.25) is 0 Å². The van der Waals surface area contributed by atoms with Crippen molar-refractivity contribution in [1.29, 1.82) is 0 Å². The van der Waals surface area contributed by atoms with E-state index in [-0.39, 0.29) is 5.92 Å². The highest BCUT2D eigenvalue weighted by Gasteiger charge is 2.39. The highest BCUT2D eigenvalue weighted by atomic mass is 15.4. The molecule has 5 nitrogen and oxygen atoms in total. The first-order valence-electron chi connectivity index (χ1n) is 7.32. The minimum Gasteiger partial charge on any atom is -0.383 e. The van der Waals surface area contributed by atoms with Crippen LogP contribution in [-0.4, -0.2) is 11.2 Å². The van der Waals surface area contributed by atoms with Crippen LogP contribution in [0.15, 0.2) is 52.0 Å². The van der Waals surface area contributed by atoms with E-state index in [9.17, 15) is 0 Å². The molecule has 0 saturated heterocycles.